The summed E-state index contributed by atoms with van der Waals surface area (Å²) >= 11 is 0. The molecule has 0 aromatic heterocycles. The zero-order chi connectivity index (χ0) is 19.6. The number of anilines is 1. The van der Waals surface area contributed by atoms with Gasteiger partial charge in [-0.15, -0.1) is 0 Å². The Hall–Kier alpha value is -2.17. The third-order valence-electron chi connectivity index (χ3n) is 4.71. The van der Waals surface area contributed by atoms with E-state index in [2.05, 4.69) is 13.8 Å². The quantitative estimate of drug-likeness (QED) is 0.751. The molecule has 0 saturated carbocycles. The van der Waals surface area contributed by atoms with E-state index in [1.54, 1.807) is 4.90 Å². The first-order valence-corrected chi connectivity index (χ1v) is 9.36. The lowest BCUT2D eigenvalue weighted by Crippen LogP contribution is -2.54. The molecule has 1 fully saturated rings. The number of carbonyl (C=O) groups excluding carboxylic acids is 3. The first kappa shape index (κ1) is 20.1. The fourth-order valence-corrected chi connectivity index (χ4v) is 3.45. The van der Waals surface area contributed by atoms with Gasteiger partial charge >= 0.3 is 0 Å². The van der Waals surface area contributed by atoms with Crippen LogP contribution in [0.4, 0.5) is 5.69 Å². The summed E-state index contributed by atoms with van der Waals surface area (Å²) in [6.45, 7) is 11.8. The number of carbonyl (C=O) groups is 3. The third-order valence-corrected chi connectivity index (χ3v) is 4.71. The summed E-state index contributed by atoms with van der Waals surface area (Å²) < 4.78 is 0. The van der Waals surface area contributed by atoms with E-state index in [9.17, 15) is 14.4 Å². The molecule has 1 unspecified atom stereocenters. The van der Waals surface area contributed by atoms with E-state index in [1.807, 2.05) is 52.0 Å². The summed E-state index contributed by atoms with van der Waals surface area (Å²) in [4.78, 5) is 41.1. The smallest absolute Gasteiger partial charge is 0.257 e. The first-order chi connectivity index (χ1) is 12.1. The van der Waals surface area contributed by atoms with Crippen LogP contribution in [0.1, 0.15) is 72.3 Å². The van der Waals surface area contributed by atoms with Crippen molar-refractivity contribution in [3.05, 3.63) is 29.8 Å². The Kier molecular flexibility index (Phi) is 5.89. The van der Waals surface area contributed by atoms with E-state index in [0.29, 0.717) is 24.4 Å². The van der Waals surface area contributed by atoms with Crippen LogP contribution in [0.2, 0.25) is 0 Å². The molecule has 1 heterocycles. The van der Waals surface area contributed by atoms with Crippen molar-refractivity contribution in [2.75, 3.05) is 4.90 Å². The Morgan fingerprint density at radius 2 is 1.77 bits per heavy atom. The standard InChI is InChI=1S/C21H30N2O3/c1-7-8-18(24)23(21(4,5)6)17-13-19(25)22(20(17)26)16-11-9-15(10-12-16)14(2)3/h9-12,14,17H,7-8,13H2,1-6H3. The molecular weight excluding hydrogens is 328 g/mol. The molecule has 0 aliphatic carbocycles. The van der Waals surface area contributed by atoms with E-state index in [0.717, 1.165) is 5.56 Å². The van der Waals surface area contributed by atoms with Crippen molar-refractivity contribution in [2.24, 2.45) is 0 Å². The summed E-state index contributed by atoms with van der Waals surface area (Å²) in [5, 5.41) is 0. The summed E-state index contributed by atoms with van der Waals surface area (Å²) in [7, 11) is 0. The van der Waals surface area contributed by atoms with Crippen LogP contribution >= 0.6 is 0 Å². The number of rotatable bonds is 5. The largest absolute Gasteiger partial charge is 0.325 e. The van der Waals surface area contributed by atoms with Crippen LogP contribution in [-0.4, -0.2) is 34.2 Å². The number of amides is 3. The zero-order valence-corrected chi connectivity index (χ0v) is 16.7. The monoisotopic (exact) mass is 358 g/mol. The predicted molar refractivity (Wildman–Crippen MR) is 103 cm³/mol. The lowest BCUT2D eigenvalue weighted by Gasteiger charge is -2.39. The van der Waals surface area contributed by atoms with Gasteiger partial charge in [0.1, 0.15) is 6.04 Å². The van der Waals surface area contributed by atoms with Gasteiger partial charge in [-0.25, -0.2) is 4.90 Å². The molecule has 5 nitrogen and oxygen atoms in total. The van der Waals surface area contributed by atoms with Crippen LogP contribution in [0.15, 0.2) is 24.3 Å². The Bertz CT molecular complexity index is 686. The van der Waals surface area contributed by atoms with Gasteiger partial charge in [0.15, 0.2) is 0 Å². The molecule has 1 aliphatic heterocycles. The third kappa shape index (κ3) is 3.97. The van der Waals surface area contributed by atoms with E-state index in [1.165, 1.54) is 4.90 Å². The maximum Gasteiger partial charge on any atom is 0.257 e. The predicted octanol–water partition coefficient (Wildman–Crippen LogP) is 3.87. The van der Waals surface area contributed by atoms with Crippen molar-refractivity contribution in [3.63, 3.8) is 0 Å². The van der Waals surface area contributed by atoms with E-state index in [-0.39, 0.29) is 24.1 Å². The van der Waals surface area contributed by atoms with Crippen LogP contribution in [0.3, 0.4) is 0 Å². The molecule has 0 spiro atoms. The van der Waals surface area contributed by atoms with Gasteiger partial charge in [-0.3, -0.25) is 14.4 Å². The second kappa shape index (κ2) is 7.60. The van der Waals surface area contributed by atoms with E-state index < -0.39 is 11.6 Å². The molecule has 5 heteroatoms. The molecule has 1 aromatic rings. The second-order valence-electron chi connectivity index (χ2n) is 8.22. The molecule has 142 valence electrons. The SMILES string of the molecule is CCCC(=O)N(C1CC(=O)N(c2ccc(C(C)C)cc2)C1=O)C(C)(C)C. The topological polar surface area (TPSA) is 57.7 Å². The Morgan fingerprint density at radius 3 is 2.23 bits per heavy atom. The second-order valence-corrected chi connectivity index (χ2v) is 8.22. The maximum atomic E-state index is 13.0. The minimum Gasteiger partial charge on any atom is -0.325 e. The summed E-state index contributed by atoms with van der Waals surface area (Å²) in [6, 6.07) is 6.77. The van der Waals surface area contributed by atoms with Gasteiger partial charge < -0.3 is 4.90 Å². The number of nitrogens with zero attached hydrogens (tertiary/aromatic N) is 2. The molecule has 1 aliphatic rings. The highest BCUT2D eigenvalue weighted by Crippen LogP contribution is 2.31. The van der Waals surface area contributed by atoms with Gasteiger partial charge in [0.05, 0.1) is 12.1 Å². The molecule has 1 atom stereocenters. The first-order valence-electron chi connectivity index (χ1n) is 9.36. The van der Waals surface area contributed by atoms with Gasteiger partial charge in [-0.2, -0.15) is 0 Å². The molecule has 1 saturated heterocycles. The van der Waals surface area contributed by atoms with Crippen LogP contribution in [0.5, 0.6) is 0 Å². The van der Waals surface area contributed by atoms with Crippen LogP contribution in [0, 0.1) is 0 Å². The Balaban J connectivity index is 2.33. The van der Waals surface area contributed by atoms with Gasteiger partial charge in [0.2, 0.25) is 11.8 Å². The van der Waals surface area contributed by atoms with Gasteiger partial charge in [0.25, 0.3) is 5.91 Å². The summed E-state index contributed by atoms with van der Waals surface area (Å²) in [5.41, 5.74) is 1.20. The molecule has 3 amide bonds. The summed E-state index contributed by atoms with van der Waals surface area (Å²) in [5.74, 6) is -0.268. The normalized spacial score (nSPS) is 18.0. The molecule has 0 N–H and O–H groups in total. The minimum absolute atomic E-state index is 0.0392. The number of benzene rings is 1. The lowest BCUT2D eigenvalue weighted by molar-refractivity contribution is -0.144. The van der Waals surface area contributed by atoms with E-state index >= 15 is 0 Å². The average molecular weight is 358 g/mol. The van der Waals surface area contributed by atoms with Crippen LogP contribution in [0.25, 0.3) is 0 Å². The van der Waals surface area contributed by atoms with Crippen molar-refractivity contribution in [1.82, 2.24) is 4.90 Å². The van der Waals surface area contributed by atoms with Crippen LogP contribution in [-0.2, 0) is 14.4 Å². The van der Waals surface area contributed by atoms with Crippen LogP contribution < -0.4 is 4.90 Å². The number of hydrogen-bond acceptors (Lipinski definition) is 3. The molecule has 1 aromatic carbocycles. The minimum atomic E-state index is -0.730. The number of hydrogen-bond donors (Lipinski definition) is 0. The van der Waals surface area contributed by atoms with E-state index in [4.69, 9.17) is 0 Å². The van der Waals surface area contributed by atoms with Crippen molar-refractivity contribution in [2.45, 2.75) is 78.3 Å². The molecule has 0 radical (unpaired) electrons. The maximum absolute atomic E-state index is 13.0. The molecule has 2 rings (SSSR count). The number of imide groups is 1. The Morgan fingerprint density at radius 1 is 1.19 bits per heavy atom. The van der Waals surface area contributed by atoms with Crippen molar-refractivity contribution >= 4 is 23.4 Å². The average Bonchev–Trinajstić information content (AvgIpc) is 2.81. The molecule has 0 bridgehead atoms. The van der Waals surface area contributed by atoms with Crippen molar-refractivity contribution < 1.29 is 14.4 Å². The fourth-order valence-electron chi connectivity index (χ4n) is 3.45. The zero-order valence-electron chi connectivity index (χ0n) is 16.7. The Labute approximate surface area is 156 Å². The van der Waals surface area contributed by atoms with Gasteiger partial charge in [-0.05, 0) is 50.8 Å². The molecular formula is C21H30N2O3. The van der Waals surface area contributed by atoms with Gasteiger partial charge in [-0.1, -0.05) is 32.9 Å². The van der Waals surface area contributed by atoms with Crippen molar-refractivity contribution in [1.29, 1.82) is 0 Å². The van der Waals surface area contributed by atoms with Crippen molar-refractivity contribution in [3.8, 4) is 0 Å². The highest BCUT2D eigenvalue weighted by atomic mass is 16.2. The fraction of sp³-hybridized carbons (Fsp3) is 0.571. The molecule has 26 heavy (non-hydrogen) atoms. The lowest BCUT2D eigenvalue weighted by atomic mass is 10.0. The highest BCUT2D eigenvalue weighted by Gasteiger charge is 2.47. The summed E-state index contributed by atoms with van der Waals surface area (Å²) in [6.07, 6.45) is 1.12. The highest BCUT2D eigenvalue weighted by molar-refractivity contribution is 6.23. The van der Waals surface area contributed by atoms with Gasteiger partial charge in [0, 0.05) is 12.0 Å².